The predicted molar refractivity (Wildman–Crippen MR) is 93.1 cm³/mol. The van der Waals surface area contributed by atoms with Gasteiger partial charge in [-0.3, -0.25) is 4.79 Å². The Bertz CT molecular complexity index is 787. The van der Waals surface area contributed by atoms with Gasteiger partial charge >= 0.3 is 0 Å². The van der Waals surface area contributed by atoms with Gasteiger partial charge in [0.15, 0.2) is 5.01 Å². The lowest BCUT2D eigenvalue weighted by Gasteiger charge is -2.37. The Balaban J connectivity index is 1.64. The number of carbonyl (C=O) groups is 1. The molecule has 0 radical (unpaired) electrons. The van der Waals surface area contributed by atoms with Crippen LogP contribution < -0.4 is 5.32 Å². The van der Waals surface area contributed by atoms with Crippen LogP contribution in [-0.4, -0.2) is 24.1 Å². The lowest BCUT2D eigenvalue weighted by atomic mass is 9.88. The molecule has 4 nitrogen and oxygen atoms in total. The van der Waals surface area contributed by atoms with Crippen LogP contribution in [0.3, 0.4) is 0 Å². The molecule has 4 rings (SSSR count). The molecule has 1 fully saturated rings. The number of para-hydroxylation sites is 1. The monoisotopic (exact) mass is 344 g/mol. The number of nitrogens with one attached hydrogen (secondary N) is 1. The number of rotatable bonds is 3. The molecule has 0 unspecified atom stereocenters. The number of ether oxygens (including phenoxy) is 1. The zero-order chi connectivity index (χ0) is 15.7. The van der Waals surface area contributed by atoms with Crippen molar-refractivity contribution in [1.29, 1.82) is 0 Å². The smallest absolute Gasteiger partial charge is 0.281 e. The Labute approximate surface area is 142 Å². The van der Waals surface area contributed by atoms with E-state index in [4.69, 9.17) is 4.74 Å². The van der Waals surface area contributed by atoms with E-state index in [1.807, 2.05) is 30.3 Å². The van der Waals surface area contributed by atoms with Crippen molar-refractivity contribution >= 4 is 38.8 Å². The van der Waals surface area contributed by atoms with E-state index in [0.717, 1.165) is 23.1 Å². The highest BCUT2D eigenvalue weighted by Gasteiger charge is 2.37. The lowest BCUT2D eigenvalue weighted by Crippen LogP contribution is -2.49. The largest absolute Gasteiger partial charge is 0.381 e. The van der Waals surface area contributed by atoms with E-state index in [1.165, 1.54) is 16.2 Å². The molecule has 0 spiro atoms. The molecule has 1 saturated heterocycles. The molecule has 0 aliphatic carbocycles. The number of carbonyl (C=O) groups excluding carboxylic acids is 1. The summed E-state index contributed by atoms with van der Waals surface area (Å²) in [5, 5.41) is 5.83. The maximum absolute atomic E-state index is 12.8. The normalized spacial score (nSPS) is 17.2. The fourth-order valence-corrected chi connectivity index (χ4v) is 4.75. The number of hydrogen-bond acceptors (Lipinski definition) is 5. The molecule has 0 saturated carbocycles. The second-order valence-electron chi connectivity index (χ2n) is 5.61. The molecule has 6 heteroatoms. The van der Waals surface area contributed by atoms with Crippen LogP contribution in [0.25, 0.3) is 10.2 Å². The van der Waals surface area contributed by atoms with E-state index in [2.05, 4.69) is 21.7 Å². The van der Waals surface area contributed by atoms with Crippen LogP contribution in [0.15, 0.2) is 41.8 Å². The number of benzene rings is 1. The number of thiophene rings is 1. The van der Waals surface area contributed by atoms with Crippen molar-refractivity contribution < 1.29 is 9.53 Å². The zero-order valence-electron chi connectivity index (χ0n) is 12.5. The first-order chi connectivity index (χ1) is 11.3. The van der Waals surface area contributed by atoms with Gasteiger partial charge in [-0.05, 0) is 36.4 Å². The molecular weight excluding hydrogens is 328 g/mol. The Kier molecular flexibility index (Phi) is 3.88. The first-order valence-corrected chi connectivity index (χ1v) is 9.26. The van der Waals surface area contributed by atoms with Crippen LogP contribution in [-0.2, 0) is 10.3 Å². The van der Waals surface area contributed by atoms with Gasteiger partial charge < -0.3 is 10.1 Å². The van der Waals surface area contributed by atoms with Gasteiger partial charge in [-0.15, -0.1) is 22.7 Å². The van der Waals surface area contributed by atoms with E-state index < -0.39 is 0 Å². The van der Waals surface area contributed by atoms with Crippen molar-refractivity contribution in [2.24, 2.45) is 0 Å². The molecule has 1 aliphatic heterocycles. The standard InChI is InChI=1S/C17H16N2O2S2/c20-15(16-18-12-4-1-2-5-13(12)23-16)19-17(7-9-21-10-8-17)14-6-3-11-22-14/h1-6,11H,7-10H2,(H,19,20). The zero-order valence-corrected chi connectivity index (χ0v) is 14.1. The third-order valence-corrected chi connectivity index (χ3v) is 6.29. The van der Waals surface area contributed by atoms with Gasteiger partial charge in [0.1, 0.15) is 0 Å². The first-order valence-electron chi connectivity index (χ1n) is 7.57. The lowest BCUT2D eigenvalue weighted by molar-refractivity contribution is 0.0358. The highest BCUT2D eigenvalue weighted by molar-refractivity contribution is 7.20. The molecule has 0 atom stereocenters. The van der Waals surface area contributed by atoms with Crippen molar-refractivity contribution in [3.05, 3.63) is 51.7 Å². The van der Waals surface area contributed by atoms with Crippen LogP contribution in [0.4, 0.5) is 0 Å². The summed E-state index contributed by atoms with van der Waals surface area (Å²) in [6.45, 7) is 1.33. The van der Waals surface area contributed by atoms with Crippen LogP contribution in [0.5, 0.6) is 0 Å². The topological polar surface area (TPSA) is 51.2 Å². The predicted octanol–water partition coefficient (Wildman–Crippen LogP) is 3.79. The second kappa shape index (κ2) is 6.03. The van der Waals surface area contributed by atoms with Gasteiger partial charge in [0.2, 0.25) is 0 Å². The maximum Gasteiger partial charge on any atom is 0.281 e. The number of aromatic nitrogens is 1. The summed E-state index contributed by atoms with van der Waals surface area (Å²) in [7, 11) is 0. The minimum atomic E-state index is -0.332. The summed E-state index contributed by atoms with van der Waals surface area (Å²) in [5.41, 5.74) is 0.543. The highest BCUT2D eigenvalue weighted by Crippen LogP contribution is 2.35. The van der Waals surface area contributed by atoms with Crippen molar-refractivity contribution in [2.45, 2.75) is 18.4 Å². The Hall–Kier alpha value is -1.76. The van der Waals surface area contributed by atoms with Crippen LogP contribution >= 0.6 is 22.7 Å². The molecule has 1 aromatic carbocycles. The Morgan fingerprint density at radius 3 is 2.74 bits per heavy atom. The third-order valence-electron chi connectivity index (χ3n) is 4.18. The summed E-state index contributed by atoms with van der Waals surface area (Å²) in [6.07, 6.45) is 1.59. The summed E-state index contributed by atoms with van der Waals surface area (Å²) < 4.78 is 6.54. The Morgan fingerprint density at radius 1 is 1.17 bits per heavy atom. The molecule has 2 aromatic heterocycles. The average molecular weight is 344 g/mol. The number of thiazole rings is 1. The van der Waals surface area contributed by atoms with Crippen LogP contribution in [0.2, 0.25) is 0 Å². The summed E-state index contributed by atoms with van der Waals surface area (Å²) in [5.74, 6) is -0.0958. The van der Waals surface area contributed by atoms with Gasteiger partial charge in [0, 0.05) is 18.1 Å². The first kappa shape index (κ1) is 14.8. The summed E-state index contributed by atoms with van der Waals surface area (Å²) >= 11 is 3.12. The van der Waals surface area contributed by atoms with E-state index in [1.54, 1.807) is 11.3 Å². The minimum absolute atomic E-state index is 0.0958. The number of hydrogen-bond donors (Lipinski definition) is 1. The van der Waals surface area contributed by atoms with Crippen LogP contribution in [0, 0.1) is 0 Å². The summed E-state index contributed by atoms with van der Waals surface area (Å²) in [4.78, 5) is 18.4. The molecule has 1 amide bonds. The van der Waals surface area contributed by atoms with Crippen molar-refractivity contribution in [3.8, 4) is 0 Å². The van der Waals surface area contributed by atoms with Gasteiger partial charge in [-0.1, -0.05) is 18.2 Å². The molecule has 3 heterocycles. The van der Waals surface area contributed by atoms with Crippen molar-refractivity contribution in [1.82, 2.24) is 10.3 Å². The molecule has 1 aliphatic rings. The molecule has 3 aromatic rings. The minimum Gasteiger partial charge on any atom is -0.381 e. The molecular formula is C17H16N2O2S2. The number of nitrogens with zero attached hydrogens (tertiary/aromatic N) is 1. The van der Waals surface area contributed by atoms with E-state index in [0.29, 0.717) is 18.2 Å². The highest BCUT2D eigenvalue weighted by atomic mass is 32.1. The van der Waals surface area contributed by atoms with E-state index >= 15 is 0 Å². The number of fused-ring (bicyclic) bond motifs is 1. The van der Waals surface area contributed by atoms with E-state index in [9.17, 15) is 4.79 Å². The van der Waals surface area contributed by atoms with Gasteiger partial charge in [-0.2, -0.15) is 0 Å². The van der Waals surface area contributed by atoms with Gasteiger partial charge in [0.25, 0.3) is 5.91 Å². The second-order valence-corrected chi connectivity index (χ2v) is 7.59. The SMILES string of the molecule is O=C(NC1(c2cccs2)CCOCC1)c1nc2ccccc2s1. The van der Waals surface area contributed by atoms with Gasteiger partial charge in [-0.25, -0.2) is 4.98 Å². The fraction of sp³-hybridized carbons (Fsp3) is 0.294. The maximum atomic E-state index is 12.8. The summed E-state index contributed by atoms with van der Waals surface area (Å²) in [6, 6.07) is 12.0. The quantitative estimate of drug-likeness (QED) is 0.786. The van der Waals surface area contributed by atoms with Crippen LogP contribution in [0.1, 0.15) is 27.5 Å². The van der Waals surface area contributed by atoms with Crippen molar-refractivity contribution in [3.63, 3.8) is 0 Å². The van der Waals surface area contributed by atoms with Crippen molar-refractivity contribution in [2.75, 3.05) is 13.2 Å². The fourth-order valence-electron chi connectivity index (χ4n) is 2.94. The van der Waals surface area contributed by atoms with E-state index in [-0.39, 0.29) is 11.4 Å². The third kappa shape index (κ3) is 2.78. The molecule has 1 N–H and O–H groups in total. The molecule has 23 heavy (non-hydrogen) atoms. The number of amides is 1. The average Bonchev–Trinajstić information content (AvgIpc) is 3.25. The van der Waals surface area contributed by atoms with Gasteiger partial charge in [0.05, 0.1) is 15.8 Å². The Morgan fingerprint density at radius 2 is 2.00 bits per heavy atom. The molecule has 118 valence electrons. The molecule has 0 bridgehead atoms.